The summed E-state index contributed by atoms with van der Waals surface area (Å²) in [5.41, 5.74) is -0.149. The number of hydrogen-bond acceptors (Lipinski definition) is 4. The van der Waals surface area contributed by atoms with Gasteiger partial charge in [0, 0.05) is 6.04 Å². The number of rotatable bonds is 1. The molecule has 1 saturated carbocycles. The molecule has 2 unspecified atom stereocenters. The number of morpholine rings is 1. The first kappa shape index (κ1) is 10.9. The van der Waals surface area contributed by atoms with E-state index in [9.17, 15) is 9.90 Å². The zero-order valence-corrected chi connectivity index (χ0v) is 9.40. The Morgan fingerprint density at radius 2 is 2.20 bits per heavy atom. The molecule has 2 aliphatic rings. The molecule has 0 aromatic rings. The average Bonchev–Trinajstić information content (AvgIpc) is 2.56. The highest BCUT2D eigenvalue weighted by molar-refractivity contribution is 5.72. The van der Waals surface area contributed by atoms with Gasteiger partial charge in [0.15, 0.2) is 0 Å². The molecule has 0 amide bonds. The van der Waals surface area contributed by atoms with E-state index in [0.29, 0.717) is 13.2 Å². The summed E-state index contributed by atoms with van der Waals surface area (Å²) in [5.74, 6) is -0.173. The van der Waals surface area contributed by atoms with Crippen molar-refractivity contribution in [3.05, 3.63) is 0 Å². The zero-order valence-electron chi connectivity index (χ0n) is 9.40. The van der Waals surface area contributed by atoms with E-state index in [4.69, 9.17) is 4.74 Å². The highest BCUT2D eigenvalue weighted by atomic mass is 16.5. The van der Waals surface area contributed by atoms with Crippen LogP contribution in [0.4, 0.5) is 0 Å². The number of nitrogens with zero attached hydrogens (tertiary/aromatic N) is 1. The van der Waals surface area contributed by atoms with Crippen molar-refractivity contribution in [3.8, 4) is 0 Å². The maximum atomic E-state index is 11.3. The Morgan fingerprint density at radius 1 is 1.47 bits per heavy atom. The second kappa shape index (κ2) is 3.76. The number of cyclic esters (lactones) is 1. The molecule has 2 fully saturated rings. The average molecular weight is 213 g/mol. The van der Waals surface area contributed by atoms with Crippen LogP contribution in [-0.4, -0.2) is 46.8 Å². The van der Waals surface area contributed by atoms with E-state index in [1.54, 1.807) is 0 Å². The molecular formula is C11H19NO3. The fourth-order valence-electron chi connectivity index (χ4n) is 2.59. The Morgan fingerprint density at radius 3 is 2.80 bits per heavy atom. The molecule has 2 atom stereocenters. The van der Waals surface area contributed by atoms with E-state index >= 15 is 0 Å². The van der Waals surface area contributed by atoms with Gasteiger partial charge in [-0.05, 0) is 33.1 Å². The van der Waals surface area contributed by atoms with Crippen LogP contribution >= 0.6 is 0 Å². The summed E-state index contributed by atoms with van der Waals surface area (Å²) in [5, 5.41) is 9.87. The molecule has 86 valence electrons. The van der Waals surface area contributed by atoms with Crippen LogP contribution in [0.1, 0.15) is 33.1 Å². The lowest BCUT2D eigenvalue weighted by molar-refractivity contribution is -0.165. The SMILES string of the molecule is CC1(C)COC(=O)CN1C1CCCC1O. The van der Waals surface area contributed by atoms with Crippen LogP contribution < -0.4 is 0 Å². The van der Waals surface area contributed by atoms with Gasteiger partial charge in [0.05, 0.1) is 18.2 Å². The third kappa shape index (κ3) is 2.01. The Labute approximate surface area is 90.2 Å². The monoisotopic (exact) mass is 213 g/mol. The maximum Gasteiger partial charge on any atom is 0.320 e. The van der Waals surface area contributed by atoms with Crippen LogP contribution in [0.3, 0.4) is 0 Å². The molecule has 1 saturated heterocycles. The number of aliphatic hydroxyl groups excluding tert-OH is 1. The summed E-state index contributed by atoms with van der Waals surface area (Å²) in [6, 6.07) is 0.132. The molecule has 1 N–H and O–H groups in total. The van der Waals surface area contributed by atoms with E-state index in [2.05, 4.69) is 18.7 Å². The van der Waals surface area contributed by atoms with E-state index in [-0.39, 0.29) is 23.7 Å². The number of aliphatic hydroxyl groups is 1. The number of carbonyl (C=O) groups excluding carboxylic acids is 1. The van der Waals surface area contributed by atoms with Crippen LogP contribution in [0.5, 0.6) is 0 Å². The Bertz CT molecular complexity index is 265. The Balaban J connectivity index is 2.13. The zero-order chi connectivity index (χ0) is 11.1. The van der Waals surface area contributed by atoms with Crippen molar-refractivity contribution < 1.29 is 14.6 Å². The normalized spacial score (nSPS) is 36.6. The van der Waals surface area contributed by atoms with E-state index in [1.165, 1.54) is 0 Å². The first-order chi connectivity index (χ1) is 7.00. The smallest absolute Gasteiger partial charge is 0.320 e. The van der Waals surface area contributed by atoms with Crippen LogP contribution in [0.2, 0.25) is 0 Å². The largest absolute Gasteiger partial charge is 0.463 e. The van der Waals surface area contributed by atoms with Crippen molar-refractivity contribution in [2.75, 3.05) is 13.2 Å². The third-order valence-corrected chi connectivity index (χ3v) is 3.51. The number of hydrogen-bond donors (Lipinski definition) is 1. The second-order valence-corrected chi connectivity index (χ2v) is 5.17. The predicted octanol–water partition coefficient (Wildman–Crippen LogP) is 0.537. The van der Waals surface area contributed by atoms with Gasteiger partial charge in [0.2, 0.25) is 0 Å². The summed E-state index contributed by atoms with van der Waals surface area (Å²) in [6.45, 7) is 4.86. The lowest BCUT2D eigenvalue weighted by Gasteiger charge is -2.45. The number of ether oxygens (including phenoxy) is 1. The first-order valence-corrected chi connectivity index (χ1v) is 5.61. The molecule has 2 rings (SSSR count). The molecule has 4 nitrogen and oxygen atoms in total. The maximum absolute atomic E-state index is 11.3. The molecule has 1 heterocycles. The second-order valence-electron chi connectivity index (χ2n) is 5.17. The van der Waals surface area contributed by atoms with Gasteiger partial charge in [0.1, 0.15) is 6.61 Å². The molecule has 0 spiro atoms. The van der Waals surface area contributed by atoms with Gasteiger partial charge in [-0.15, -0.1) is 0 Å². The van der Waals surface area contributed by atoms with Crippen molar-refractivity contribution in [1.82, 2.24) is 4.90 Å². The van der Waals surface area contributed by atoms with E-state index in [0.717, 1.165) is 19.3 Å². The van der Waals surface area contributed by atoms with Crippen LogP contribution in [-0.2, 0) is 9.53 Å². The lowest BCUT2D eigenvalue weighted by Crippen LogP contribution is -2.60. The number of esters is 1. The van der Waals surface area contributed by atoms with Crippen molar-refractivity contribution in [1.29, 1.82) is 0 Å². The van der Waals surface area contributed by atoms with Crippen LogP contribution in [0.15, 0.2) is 0 Å². The quantitative estimate of drug-likeness (QED) is 0.646. The van der Waals surface area contributed by atoms with E-state index < -0.39 is 0 Å². The summed E-state index contributed by atoms with van der Waals surface area (Å²) in [4.78, 5) is 13.4. The molecule has 4 heteroatoms. The topological polar surface area (TPSA) is 49.8 Å². The molecule has 15 heavy (non-hydrogen) atoms. The lowest BCUT2D eigenvalue weighted by atomic mass is 9.98. The predicted molar refractivity (Wildman–Crippen MR) is 55.4 cm³/mol. The molecule has 1 aliphatic heterocycles. The first-order valence-electron chi connectivity index (χ1n) is 5.61. The summed E-state index contributed by atoms with van der Waals surface area (Å²) in [7, 11) is 0. The Hall–Kier alpha value is -0.610. The molecule has 1 aliphatic carbocycles. The van der Waals surface area contributed by atoms with Gasteiger partial charge in [-0.25, -0.2) is 0 Å². The summed E-state index contributed by atoms with van der Waals surface area (Å²) < 4.78 is 5.06. The van der Waals surface area contributed by atoms with Crippen molar-refractivity contribution in [3.63, 3.8) is 0 Å². The van der Waals surface area contributed by atoms with Gasteiger partial charge in [-0.1, -0.05) is 0 Å². The minimum atomic E-state index is -0.282. The Kier molecular flexibility index (Phi) is 2.73. The molecule has 0 radical (unpaired) electrons. The summed E-state index contributed by atoms with van der Waals surface area (Å²) in [6.07, 6.45) is 2.60. The minimum Gasteiger partial charge on any atom is -0.463 e. The van der Waals surface area contributed by atoms with Gasteiger partial charge in [-0.2, -0.15) is 0 Å². The fourth-order valence-corrected chi connectivity index (χ4v) is 2.59. The molecule has 0 aromatic heterocycles. The minimum absolute atomic E-state index is 0.132. The standard InChI is InChI=1S/C11H19NO3/c1-11(2)7-15-10(14)6-12(11)8-4-3-5-9(8)13/h8-9,13H,3-7H2,1-2H3. The van der Waals surface area contributed by atoms with Crippen molar-refractivity contribution in [2.45, 2.75) is 50.8 Å². The van der Waals surface area contributed by atoms with Crippen molar-refractivity contribution >= 4 is 5.97 Å². The van der Waals surface area contributed by atoms with Gasteiger partial charge in [0.25, 0.3) is 0 Å². The van der Waals surface area contributed by atoms with Gasteiger partial charge in [-0.3, -0.25) is 9.69 Å². The van der Waals surface area contributed by atoms with Gasteiger partial charge < -0.3 is 9.84 Å². The molecule has 0 aromatic carbocycles. The summed E-state index contributed by atoms with van der Waals surface area (Å²) >= 11 is 0. The molecule has 0 bridgehead atoms. The molecular weight excluding hydrogens is 194 g/mol. The van der Waals surface area contributed by atoms with Crippen LogP contribution in [0, 0.1) is 0 Å². The highest BCUT2D eigenvalue weighted by Crippen LogP contribution is 2.31. The fraction of sp³-hybridized carbons (Fsp3) is 0.909. The van der Waals surface area contributed by atoms with Crippen molar-refractivity contribution in [2.24, 2.45) is 0 Å². The van der Waals surface area contributed by atoms with E-state index in [1.807, 2.05) is 0 Å². The highest BCUT2D eigenvalue weighted by Gasteiger charge is 2.42. The number of carbonyl (C=O) groups is 1. The third-order valence-electron chi connectivity index (χ3n) is 3.51. The van der Waals surface area contributed by atoms with Gasteiger partial charge >= 0.3 is 5.97 Å². The van der Waals surface area contributed by atoms with Crippen LogP contribution in [0.25, 0.3) is 0 Å².